The zero-order chi connectivity index (χ0) is 12.8. The first-order valence-corrected chi connectivity index (χ1v) is 6.04. The lowest BCUT2D eigenvalue weighted by atomic mass is 10.0. The van der Waals surface area contributed by atoms with Crippen LogP contribution in [0.25, 0.3) is 0 Å². The second-order valence-corrected chi connectivity index (χ2v) is 4.32. The van der Waals surface area contributed by atoms with Crippen molar-refractivity contribution in [1.82, 2.24) is 5.32 Å². The monoisotopic (exact) mass is 240 g/mol. The van der Waals surface area contributed by atoms with Crippen LogP contribution in [0.3, 0.4) is 0 Å². The SMILES string of the molecule is CC(CNCc1ccc(C#N)o1)c1ccccc1. The van der Waals surface area contributed by atoms with Crippen molar-refractivity contribution in [1.29, 1.82) is 5.26 Å². The Hall–Kier alpha value is -2.05. The van der Waals surface area contributed by atoms with Gasteiger partial charge in [-0.15, -0.1) is 0 Å². The number of benzene rings is 1. The Morgan fingerprint density at radius 3 is 2.67 bits per heavy atom. The first-order chi connectivity index (χ1) is 8.79. The van der Waals surface area contributed by atoms with E-state index in [2.05, 4.69) is 36.5 Å². The van der Waals surface area contributed by atoms with E-state index in [0.29, 0.717) is 18.2 Å². The predicted octanol–water partition coefficient (Wildman–Crippen LogP) is 3.04. The minimum Gasteiger partial charge on any atom is -0.449 e. The van der Waals surface area contributed by atoms with Crippen molar-refractivity contribution in [2.24, 2.45) is 0 Å². The Kier molecular flexibility index (Phi) is 4.16. The number of hydrogen-bond donors (Lipinski definition) is 1. The summed E-state index contributed by atoms with van der Waals surface area (Å²) in [5.74, 6) is 1.62. The standard InChI is InChI=1S/C15H16N2O/c1-12(13-5-3-2-4-6-13)10-17-11-15-8-7-14(9-16)18-15/h2-8,12,17H,10-11H2,1H3. The van der Waals surface area contributed by atoms with Crippen molar-refractivity contribution >= 4 is 0 Å². The Bertz CT molecular complexity index is 525. The fraction of sp³-hybridized carbons (Fsp3) is 0.267. The molecule has 0 fully saturated rings. The van der Waals surface area contributed by atoms with Crippen LogP contribution in [0.15, 0.2) is 46.9 Å². The lowest BCUT2D eigenvalue weighted by molar-refractivity contribution is 0.468. The molecule has 0 aliphatic carbocycles. The molecule has 0 bridgehead atoms. The van der Waals surface area contributed by atoms with Gasteiger partial charge in [0.2, 0.25) is 5.76 Å². The van der Waals surface area contributed by atoms with E-state index in [-0.39, 0.29) is 0 Å². The van der Waals surface area contributed by atoms with Crippen molar-refractivity contribution in [2.75, 3.05) is 6.54 Å². The Morgan fingerprint density at radius 1 is 1.22 bits per heavy atom. The molecule has 0 saturated heterocycles. The molecule has 0 aliphatic heterocycles. The molecule has 1 N–H and O–H groups in total. The molecule has 0 amide bonds. The van der Waals surface area contributed by atoms with Crippen LogP contribution in [0.2, 0.25) is 0 Å². The summed E-state index contributed by atoms with van der Waals surface area (Å²) in [6.07, 6.45) is 0. The van der Waals surface area contributed by atoms with Gasteiger partial charge in [-0.2, -0.15) is 5.26 Å². The maximum atomic E-state index is 8.65. The smallest absolute Gasteiger partial charge is 0.203 e. The minimum absolute atomic E-state index is 0.364. The quantitative estimate of drug-likeness (QED) is 0.873. The molecule has 3 heteroatoms. The second-order valence-electron chi connectivity index (χ2n) is 4.32. The molecule has 1 aromatic heterocycles. The summed E-state index contributed by atoms with van der Waals surface area (Å²) in [6, 6.07) is 15.9. The molecule has 1 unspecified atom stereocenters. The Balaban J connectivity index is 1.80. The zero-order valence-corrected chi connectivity index (χ0v) is 10.4. The molecule has 1 heterocycles. The average Bonchev–Trinajstić information content (AvgIpc) is 2.87. The van der Waals surface area contributed by atoms with Crippen molar-refractivity contribution < 1.29 is 4.42 Å². The molecule has 1 atom stereocenters. The first kappa shape index (κ1) is 12.4. The van der Waals surface area contributed by atoms with Crippen molar-refractivity contribution in [3.05, 3.63) is 59.5 Å². The summed E-state index contributed by atoms with van der Waals surface area (Å²) < 4.78 is 5.30. The normalized spacial score (nSPS) is 12.0. The van der Waals surface area contributed by atoms with Gasteiger partial charge in [0.05, 0.1) is 6.54 Å². The molecule has 0 saturated carbocycles. The van der Waals surface area contributed by atoms with Crippen LogP contribution >= 0.6 is 0 Å². The lowest BCUT2D eigenvalue weighted by Gasteiger charge is -2.12. The average molecular weight is 240 g/mol. The molecule has 2 aromatic rings. The first-order valence-electron chi connectivity index (χ1n) is 6.04. The molecule has 1 aromatic carbocycles. The maximum Gasteiger partial charge on any atom is 0.203 e. The number of nitrogens with one attached hydrogen (secondary N) is 1. The summed E-state index contributed by atoms with van der Waals surface area (Å²) in [5, 5.41) is 12.0. The highest BCUT2D eigenvalue weighted by Gasteiger charge is 2.05. The predicted molar refractivity (Wildman–Crippen MR) is 70.0 cm³/mol. The van der Waals surface area contributed by atoms with E-state index in [9.17, 15) is 0 Å². The van der Waals surface area contributed by atoms with Crippen molar-refractivity contribution in [3.63, 3.8) is 0 Å². The summed E-state index contributed by atoms with van der Waals surface area (Å²) in [6.45, 7) is 3.72. The van der Waals surface area contributed by atoms with Crippen LogP contribution in [0.1, 0.15) is 29.9 Å². The topological polar surface area (TPSA) is 49.0 Å². The Labute approximate surface area is 107 Å². The van der Waals surface area contributed by atoms with E-state index < -0.39 is 0 Å². The number of furan rings is 1. The van der Waals surface area contributed by atoms with Crippen molar-refractivity contribution in [3.8, 4) is 6.07 Å². The van der Waals surface area contributed by atoms with Gasteiger partial charge in [-0.3, -0.25) is 0 Å². The van der Waals surface area contributed by atoms with Gasteiger partial charge in [0.15, 0.2) is 0 Å². The van der Waals surface area contributed by atoms with Crippen LogP contribution in [0.4, 0.5) is 0 Å². The Morgan fingerprint density at radius 2 is 2.00 bits per heavy atom. The van der Waals surface area contributed by atoms with E-state index in [1.165, 1.54) is 5.56 Å². The molecule has 0 spiro atoms. The van der Waals surface area contributed by atoms with Crippen LogP contribution in [0, 0.1) is 11.3 Å². The molecule has 0 radical (unpaired) electrons. The van der Waals surface area contributed by atoms with Gasteiger partial charge in [0.25, 0.3) is 0 Å². The van der Waals surface area contributed by atoms with Gasteiger partial charge in [-0.25, -0.2) is 0 Å². The number of nitriles is 1. The third-order valence-corrected chi connectivity index (χ3v) is 2.89. The summed E-state index contributed by atoms with van der Waals surface area (Å²) in [7, 11) is 0. The molecule has 92 valence electrons. The van der Waals surface area contributed by atoms with Crippen LogP contribution in [-0.2, 0) is 6.54 Å². The highest BCUT2D eigenvalue weighted by atomic mass is 16.3. The zero-order valence-electron chi connectivity index (χ0n) is 10.4. The number of nitrogens with zero attached hydrogens (tertiary/aromatic N) is 1. The number of hydrogen-bond acceptors (Lipinski definition) is 3. The minimum atomic E-state index is 0.364. The van der Waals surface area contributed by atoms with Gasteiger partial charge in [0, 0.05) is 6.54 Å². The third-order valence-electron chi connectivity index (χ3n) is 2.89. The molecule has 0 aliphatic rings. The molecule has 2 rings (SSSR count). The highest BCUT2D eigenvalue weighted by molar-refractivity contribution is 5.20. The van der Waals surface area contributed by atoms with Gasteiger partial charge in [-0.05, 0) is 23.6 Å². The fourth-order valence-corrected chi connectivity index (χ4v) is 1.84. The van der Waals surface area contributed by atoms with E-state index in [0.717, 1.165) is 12.3 Å². The third kappa shape index (κ3) is 3.22. The molecular weight excluding hydrogens is 224 g/mol. The molecule has 18 heavy (non-hydrogen) atoms. The number of rotatable bonds is 5. The van der Waals surface area contributed by atoms with Crippen LogP contribution in [0.5, 0.6) is 0 Å². The van der Waals surface area contributed by atoms with E-state index in [4.69, 9.17) is 9.68 Å². The van der Waals surface area contributed by atoms with E-state index >= 15 is 0 Å². The van der Waals surface area contributed by atoms with Crippen molar-refractivity contribution in [2.45, 2.75) is 19.4 Å². The maximum absolute atomic E-state index is 8.65. The fourth-order valence-electron chi connectivity index (χ4n) is 1.84. The van der Waals surface area contributed by atoms with Gasteiger partial charge < -0.3 is 9.73 Å². The van der Waals surface area contributed by atoms with E-state index in [1.807, 2.05) is 18.2 Å². The molecular formula is C15H16N2O. The van der Waals surface area contributed by atoms with Gasteiger partial charge >= 0.3 is 0 Å². The highest BCUT2D eigenvalue weighted by Crippen LogP contribution is 2.13. The van der Waals surface area contributed by atoms with Gasteiger partial charge in [-0.1, -0.05) is 37.3 Å². The van der Waals surface area contributed by atoms with Crippen LogP contribution in [-0.4, -0.2) is 6.54 Å². The lowest BCUT2D eigenvalue weighted by Crippen LogP contribution is -2.19. The summed E-state index contributed by atoms with van der Waals surface area (Å²) in [5.41, 5.74) is 1.32. The van der Waals surface area contributed by atoms with E-state index in [1.54, 1.807) is 6.07 Å². The second kappa shape index (κ2) is 6.04. The summed E-state index contributed by atoms with van der Waals surface area (Å²) >= 11 is 0. The van der Waals surface area contributed by atoms with Crippen LogP contribution < -0.4 is 5.32 Å². The summed E-state index contributed by atoms with van der Waals surface area (Å²) in [4.78, 5) is 0. The largest absolute Gasteiger partial charge is 0.449 e. The van der Waals surface area contributed by atoms with Gasteiger partial charge in [0.1, 0.15) is 11.8 Å². The molecule has 3 nitrogen and oxygen atoms in total.